The number of hydrogen-bond acceptors (Lipinski definition) is 6. The second-order valence-electron chi connectivity index (χ2n) is 5.41. The minimum absolute atomic E-state index is 0.0345. The Balaban J connectivity index is 2.05. The molecule has 0 fully saturated rings. The Hall–Kier alpha value is -2.82. The molecule has 0 amide bonds. The minimum Gasteiger partial charge on any atom is -0.396 e. The molecule has 26 heavy (non-hydrogen) atoms. The van der Waals surface area contributed by atoms with Crippen molar-refractivity contribution in [3.05, 3.63) is 41.5 Å². The van der Waals surface area contributed by atoms with Crippen molar-refractivity contribution < 1.29 is 22.7 Å². The molecule has 0 saturated heterocycles. The van der Waals surface area contributed by atoms with Crippen molar-refractivity contribution in [2.75, 3.05) is 18.5 Å². The molecule has 0 aliphatic heterocycles. The number of halogens is 4. The van der Waals surface area contributed by atoms with Crippen LogP contribution in [-0.2, 0) is 12.7 Å². The van der Waals surface area contributed by atoms with Gasteiger partial charge >= 0.3 is 6.18 Å². The molecule has 3 aromatic rings. The number of nitrogens with one attached hydrogen (secondary N) is 1. The molecule has 0 saturated carbocycles. The van der Waals surface area contributed by atoms with E-state index in [9.17, 15) is 17.6 Å². The summed E-state index contributed by atoms with van der Waals surface area (Å²) < 4.78 is 54.2. The van der Waals surface area contributed by atoms with E-state index >= 15 is 0 Å². The normalized spacial score (nSPS) is 11.9. The van der Waals surface area contributed by atoms with E-state index in [0.29, 0.717) is 6.42 Å². The summed E-state index contributed by atoms with van der Waals surface area (Å²) in [5, 5.41) is 19.1. The number of aliphatic hydroxyl groups excluding tert-OH is 1. The maximum Gasteiger partial charge on any atom is 0.451 e. The molecule has 0 bridgehead atoms. The van der Waals surface area contributed by atoms with Crippen LogP contribution in [0.1, 0.15) is 17.8 Å². The molecule has 7 nitrogen and oxygen atoms in total. The van der Waals surface area contributed by atoms with Crippen LogP contribution < -0.4 is 5.32 Å². The van der Waals surface area contributed by atoms with Gasteiger partial charge in [0.2, 0.25) is 5.82 Å². The molecule has 0 aliphatic carbocycles. The van der Waals surface area contributed by atoms with Crippen molar-refractivity contribution in [1.82, 2.24) is 25.0 Å². The van der Waals surface area contributed by atoms with Gasteiger partial charge < -0.3 is 10.4 Å². The lowest BCUT2D eigenvalue weighted by Gasteiger charge is -2.10. The third-order valence-corrected chi connectivity index (χ3v) is 3.52. The molecule has 0 unspecified atom stereocenters. The number of alkyl halides is 3. The van der Waals surface area contributed by atoms with E-state index in [1.54, 1.807) is 6.07 Å². The van der Waals surface area contributed by atoms with E-state index in [2.05, 4.69) is 25.6 Å². The SMILES string of the molecule is OCCCNc1nc(C(F)(F)F)nc2c1nnn2Cc1ccccc1F. The highest BCUT2D eigenvalue weighted by molar-refractivity contribution is 5.82. The Bertz CT molecular complexity index is 911. The van der Waals surface area contributed by atoms with Gasteiger partial charge in [-0.3, -0.25) is 0 Å². The average molecular weight is 370 g/mol. The van der Waals surface area contributed by atoms with Crippen LogP contribution in [0, 0.1) is 5.82 Å². The molecule has 0 spiro atoms. The van der Waals surface area contributed by atoms with Crippen molar-refractivity contribution >= 4 is 17.0 Å². The second-order valence-corrected chi connectivity index (χ2v) is 5.41. The number of anilines is 1. The highest BCUT2D eigenvalue weighted by Gasteiger charge is 2.36. The minimum atomic E-state index is -4.77. The summed E-state index contributed by atoms with van der Waals surface area (Å²) >= 11 is 0. The molecular formula is C15H14F4N6O. The van der Waals surface area contributed by atoms with Crippen LogP contribution >= 0.6 is 0 Å². The third kappa shape index (κ3) is 3.72. The van der Waals surface area contributed by atoms with E-state index in [1.165, 1.54) is 18.2 Å². The van der Waals surface area contributed by atoms with Crippen molar-refractivity contribution in [1.29, 1.82) is 0 Å². The maximum atomic E-state index is 13.8. The molecule has 0 atom stereocenters. The van der Waals surface area contributed by atoms with Gasteiger partial charge in [-0.1, -0.05) is 23.4 Å². The van der Waals surface area contributed by atoms with E-state index < -0.39 is 17.8 Å². The quantitative estimate of drug-likeness (QED) is 0.511. The lowest BCUT2D eigenvalue weighted by atomic mass is 10.2. The van der Waals surface area contributed by atoms with Gasteiger partial charge in [0, 0.05) is 18.7 Å². The number of rotatable bonds is 6. The Morgan fingerprint density at radius 1 is 1.15 bits per heavy atom. The van der Waals surface area contributed by atoms with Crippen LogP contribution in [0.15, 0.2) is 24.3 Å². The summed E-state index contributed by atoms with van der Waals surface area (Å²) in [5.41, 5.74) is 0.107. The topological polar surface area (TPSA) is 88.8 Å². The summed E-state index contributed by atoms with van der Waals surface area (Å²) in [4.78, 5) is 6.97. The average Bonchev–Trinajstić information content (AvgIpc) is 2.99. The number of benzene rings is 1. The van der Waals surface area contributed by atoms with Crippen LogP contribution in [0.25, 0.3) is 11.2 Å². The highest BCUT2D eigenvalue weighted by atomic mass is 19.4. The van der Waals surface area contributed by atoms with Crippen LogP contribution in [-0.4, -0.2) is 43.2 Å². The first-order valence-corrected chi connectivity index (χ1v) is 7.66. The molecule has 138 valence electrons. The molecule has 11 heteroatoms. The first-order valence-electron chi connectivity index (χ1n) is 7.66. The first kappa shape index (κ1) is 18.0. The molecular weight excluding hydrogens is 356 g/mol. The Morgan fingerprint density at radius 3 is 2.62 bits per heavy atom. The molecule has 0 aliphatic rings. The van der Waals surface area contributed by atoms with Gasteiger partial charge in [0.15, 0.2) is 17.0 Å². The Kier molecular flexibility index (Phi) is 4.98. The zero-order valence-electron chi connectivity index (χ0n) is 13.3. The van der Waals surface area contributed by atoms with Gasteiger partial charge in [0.25, 0.3) is 0 Å². The van der Waals surface area contributed by atoms with Crippen molar-refractivity contribution in [3.63, 3.8) is 0 Å². The predicted octanol–water partition coefficient (Wildman–Crippen LogP) is 2.22. The predicted molar refractivity (Wildman–Crippen MR) is 83.8 cm³/mol. The molecule has 1 aromatic carbocycles. The van der Waals surface area contributed by atoms with Crippen LogP contribution in [0.3, 0.4) is 0 Å². The monoisotopic (exact) mass is 370 g/mol. The number of aromatic nitrogens is 5. The van der Waals surface area contributed by atoms with Crippen molar-refractivity contribution in [2.45, 2.75) is 19.1 Å². The van der Waals surface area contributed by atoms with E-state index in [1.807, 2.05) is 0 Å². The summed E-state index contributed by atoms with van der Waals surface area (Å²) in [6.45, 7) is -0.0685. The summed E-state index contributed by atoms with van der Waals surface area (Å²) in [5.74, 6) is -2.01. The summed E-state index contributed by atoms with van der Waals surface area (Å²) in [6, 6.07) is 5.85. The van der Waals surface area contributed by atoms with Gasteiger partial charge in [-0.15, -0.1) is 5.10 Å². The number of hydrogen-bond donors (Lipinski definition) is 2. The maximum absolute atomic E-state index is 13.8. The zero-order valence-corrected chi connectivity index (χ0v) is 13.3. The summed E-state index contributed by atoms with van der Waals surface area (Å²) in [7, 11) is 0. The molecule has 3 rings (SSSR count). The molecule has 2 aromatic heterocycles. The Labute approximate surface area is 144 Å². The molecule has 2 heterocycles. The Morgan fingerprint density at radius 2 is 1.92 bits per heavy atom. The van der Waals surface area contributed by atoms with Gasteiger partial charge in [-0.05, 0) is 12.5 Å². The van der Waals surface area contributed by atoms with Crippen LogP contribution in [0.5, 0.6) is 0 Å². The number of aliphatic hydroxyl groups is 1. The fourth-order valence-corrected chi connectivity index (χ4v) is 2.29. The van der Waals surface area contributed by atoms with Crippen molar-refractivity contribution in [2.24, 2.45) is 0 Å². The largest absolute Gasteiger partial charge is 0.451 e. The summed E-state index contributed by atoms with van der Waals surface area (Å²) in [6.07, 6.45) is -4.45. The van der Waals surface area contributed by atoms with E-state index in [-0.39, 0.29) is 42.2 Å². The first-order chi connectivity index (χ1) is 12.4. The van der Waals surface area contributed by atoms with Gasteiger partial charge in [-0.25, -0.2) is 19.0 Å². The van der Waals surface area contributed by atoms with Crippen molar-refractivity contribution in [3.8, 4) is 0 Å². The standard InChI is InChI=1S/C15H14F4N6O/c16-10-5-2-1-4-9(10)8-25-13-11(23-24-25)12(20-6-3-7-26)21-14(22-13)15(17,18)19/h1-2,4-5,26H,3,6-8H2,(H,20,21,22). The smallest absolute Gasteiger partial charge is 0.396 e. The third-order valence-electron chi connectivity index (χ3n) is 3.52. The fourth-order valence-electron chi connectivity index (χ4n) is 2.29. The van der Waals surface area contributed by atoms with E-state index in [4.69, 9.17) is 5.11 Å². The zero-order chi connectivity index (χ0) is 18.7. The molecule has 2 N–H and O–H groups in total. The molecule has 0 radical (unpaired) electrons. The lowest BCUT2D eigenvalue weighted by Crippen LogP contribution is -2.15. The fraction of sp³-hybridized carbons (Fsp3) is 0.333. The number of nitrogens with zero attached hydrogens (tertiary/aromatic N) is 5. The van der Waals surface area contributed by atoms with Gasteiger partial charge in [0.1, 0.15) is 5.82 Å². The van der Waals surface area contributed by atoms with Crippen LogP contribution in [0.4, 0.5) is 23.4 Å². The lowest BCUT2D eigenvalue weighted by molar-refractivity contribution is -0.144. The van der Waals surface area contributed by atoms with Gasteiger partial charge in [-0.2, -0.15) is 13.2 Å². The second kappa shape index (κ2) is 7.20. The van der Waals surface area contributed by atoms with Gasteiger partial charge in [0.05, 0.1) is 6.54 Å². The van der Waals surface area contributed by atoms with Crippen LogP contribution in [0.2, 0.25) is 0 Å². The highest BCUT2D eigenvalue weighted by Crippen LogP contribution is 2.29. The van der Waals surface area contributed by atoms with E-state index in [0.717, 1.165) is 4.68 Å². The number of fused-ring (bicyclic) bond motifs is 1.